The van der Waals surface area contributed by atoms with Crippen molar-refractivity contribution in [2.24, 2.45) is 17.6 Å². The Labute approximate surface area is 116 Å². The SMILES string of the molecule is CC(C)C(CNC(=O)C(C)C(C)N)c1ccccc1. The van der Waals surface area contributed by atoms with Crippen molar-refractivity contribution in [1.82, 2.24) is 5.32 Å². The zero-order valence-corrected chi connectivity index (χ0v) is 12.4. The molecule has 0 spiro atoms. The van der Waals surface area contributed by atoms with E-state index in [4.69, 9.17) is 5.73 Å². The number of benzene rings is 1. The second-order valence-corrected chi connectivity index (χ2v) is 5.65. The first-order chi connectivity index (χ1) is 8.93. The normalized spacial score (nSPS) is 15.9. The van der Waals surface area contributed by atoms with Gasteiger partial charge in [-0.2, -0.15) is 0 Å². The summed E-state index contributed by atoms with van der Waals surface area (Å²) in [6.07, 6.45) is 0. The lowest BCUT2D eigenvalue weighted by Gasteiger charge is -2.23. The van der Waals surface area contributed by atoms with Gasteiger partial charge in [0.25, 0.3) is 0 Å². The molecule has 1 aromatic rings. The van der Waals surface area contributed by atoms with E-state index >= 15 is 0 Å². The lowest BCUT2D eigenvalue weighted by Crippen LogP contribution is -2.40. The van der Waals surface area contributed by atoms with Gasteiger partial charge in [-0.3, -0.25) is 4.79 Å². The van der Waals surface area contributed by atoms with Gasteiger partial charge < -0.3 is 11.1 Å². The molecule has 0 saturated carbocycles. The molecule has 1 amide bonds. The van der Waals surface area contributed by atoms with E-state index in [1.807, 2.05) is 32.0 Å². The van der Waals surface area contributed by atoms with E-state index in [0.717, 1.165) is 0 Å². The van der Waals surface area contributed by atoms with Crippen LogP contribution in [0.5, 0.6) is 0 Å². The van der Waals surface area contributed by atoms with E-state index in [1.54, 1.807) is 0 Å². The molecule has 0 saturated heterocycles. The van der Waals surface area contributed by atoms with E-state index in [9.17, 15) is 4.79 Å². The Hall–Kier alpha value is -1.35. The maximum Gasteiger partial charge on any atom is 0.224 e. The minimum atomic E-state index is -0.149. The minimum Gasteiger partial charge on any atom is -0.355 e. The molecule has 0 fully saturated rings. The molecule has 3 N–H and O–H groups in total. The molecule has 0 radical (unpaired) electrons. The second kappa shape index (κ2) is 7.29. The lowest BCUT2D eigenvalue weighted by molar-refractivity contribution is -0.125. The monoisotopic (exact) mass is 262 g/mol. The van der Waals surface area contributed by atoms with Crippen molar-refractivity contribution in [3.05, 3.63) is 35.9 Å². The van der Waals surface area contributed by atoms with Crippen LogP contribution in [0.4, 0.5) is 0 Å². The maximum absolute atomic E-state index is 12.0. The average molecular weight is 262 g/mol. The summed E-state index contributed by atoms with van der Waals surface area (Å²) in [7, 11) is 0. The third kappa shape index (κ3) is 4.67. The molecule has 1 aromatic carbocycles. The summed E-state index contributed by atoms with van der Waals surface area (Å²) in [6.45, 7) is 8.75. The van der Waals surface area contributed by atoms with Crippen molar-refractivity contribution in [1.29, 1.82) is 0 Å². The van der Waals surface area contributed by atoms with Crippen molar-refractivity contribution >= 4 is 5.91 Å². The van der Waals surface area contributed by atoms with Crippen LogP contribution in [-0.2, 0) is 4.79 Å². The van der Waals surface area contributed by atoms with Crippen molar-refractivity contribution < 1.29 is 4.79 Å². The van der Waals surface area contributed by atoms with Crippen LogP contribution in [0.2, 0.25) is 0 Å². The Balaban J connectivity index is 2.64. The first-order valence-electron chi connectivity index (χ1n) is 7.01. The molecule has 19 heavy (non-hydrogen) atoms. The predicted octanol–water partition coefficient (Wildman–Crippen LogP) is 2.53. The molecule has 0 aliphatic heterocycles. The van der Waals surface area contributed by atoms with Crippen LogP contribution in [0.3, 0.4) is 0 Å². The third-order valence-electron chi connectivity index (χ3n) is 3.73. The fraction of sp³-hybridized carbons (Fsp3) is 0.562. The fourth-order valence-electron chi connectivity index (χ4n) is 2.05. The van der Waals surface area contributed by atoms with Crippen molar-refractivity contribution in [3.63, 3.8) is 0 Å². The van der Waals surface area contributed by atoms with Gasteiger partial charge in [-0.25, -0.2) is 0 Å². The van der Waals surface area contributed by atoms with Gasteiger partial charge >= 0.3 is 0 Å². The predicted molar refractivity (Wildman–Crippen MR) is 79.8 cm³/mol. The summed E-state index contributed by atoms with van der Waals surface area (Å²) in [6, 6.07) is 10.2. The quantitative estimate of drug-likeness (QED) is 0.827. The second-order valence-electron chi connectivity index (χ2n) is 5.65. The molecular formula is C16H26N2O. The topological polar surface area (TPSA) is 55.1 Å². The van der Waals surface area contributed by atoms with E-state index in [-0.39, 0.29) is 17.9 Å². The molecule has 0 bridgehead atoms. The summed E-state index contributed by atoms with van der Waals surface area (Å²) in [5, 5.41) is 3.02. The molecule has 3 heteroatoms. The number of hydrogen-bond donors (Lipinski definition) is 2. The van der Waals surface area contributed by atoms with Gasteiger partial charge in [0, 0.05) is 24.4 Å². The molecule has 0 aliphatic rings. The standard InChI is InChI=1S/C16H26N2O/c1-11(2)15(14-8-6-5-7-9-14)10-18-16(19)12(3)13(4)17/h5-9,11-13,15H,10,17H2,1-4H3,(H,18,19). The van der Waals surface area contributed by atoms with Crippen LogP contribution in [-0.4, -0.2) is 18.5 Å². The molecule has 106 valence electrons. The fourth-order valence-corrected chi connectivity index (χ4v) is 2.05. The van der Waals surface area contributed by atoms with Crippen molar-refractivity contribution in [3.8, 4) is 0 Å². The van der Waals surface area contributed by atoms with Crippen molar-refractivity contribution in [2.75, 3.05) is 6.54 Å². The highest BCUT2D eigenvalue weighted by molar-refractivity contribution is 5.78. The Morgan fingerprint density at radius 1 is 1.16 bits per heavy atom. The van der Waals surface area contributed by atoms with Gasteiger partial charge in [0.2, 0.25) is 5.91 Å². The molecule has 0 aromatic heterocycles. The molecule has 3 unspecified atom stereocenters. The van der Waals surface area contributed by atoms with Crippen LogP contribution in [0, 0.1) is 11.8 Å². The highest BCUT2D eigenvalue weighted by atomic mass is 16.1. The molecule has 0 aliphatic carbocycles. The highest BCUT2D eigenvalue weighted by Gasteiger charge is 2.20. The molecule has 3 nitrogen and oxygen atoms in total. The maximum atomic E-state index is 12.0. The molecule has 0 heterocycles. The van der Waals surface area contributed by atoms with E-state index in [2.05, 4.69) is 31.3 Å². The van der Waals surface area contributed by atoms with Crippen LogP contribution >= 0.6 is 0 Å². The highest BCUT2D eigenvalue weighted by Crippen LogP contribution is 2.23. The lowest BCUT2D eigenvalue weighted by atomic mass is 9.88. The van der Waals surface area contributed by atoms with E-state index in [0.29, 0.717) is 18.4 Å². The van der Waals surface area contributed by atoms with Crippen molar-refractivity contribution in [2.45, 2.75) is 39.7 Å². The van der Waals surface area contributed by atoms with Crippen LogP contribution < -0.4 is 11.1 Å². The van der Waals surface area contributed by atoms with Crippen LogP contribution in [0.15, 0.2) is 30.3 Å². The van der Waals surface area contributed by atoms with Gasteiger partial charge in [0.05, 0.1) is 0 Å². The van der Waals surface area contributed by atoms with Gasteiger partial charge in [0.1, 0.15) is 0 Å². The summed E-state index contributed by atoms with van der Waals surface area (Å²) in [4.78, 5) is 12.0. The summed E-state index contributed by atoms with van der Waals surface area (Å²) < 4.78 is 0. The van der Waals surface area contributed by atoms with E-state index < -0.39 is 0 Å². The van der Waals surface area contributed by atoms with E-state index in [1.165, 1.54) is 5.56 Å². The summed E-state index contributed by atoms with van der Waals surface area (Å²) in [5.41, 5.74) is 7.02. The van der Waals surface area contributed by atoms with Crippen LogP contribution in [0.25, 0.3) is 0 Å². The number of rotatable bonds is 6. The molecule has 1 rings (SSSR count). The van der Waals surface area contributed by atoms with Gasteiger partial charge in [-0.05, 0) is 18.4 Å². The number of carbonyl (C=O) groups excluding carboxylic acids is 1. The first kappa shape index (κ1) is 15.7. The zero-order valence-electron chi connectivity index (χ0n) is 12.4. The number of nitrogens with one attached hydrogen (secondary N) is 1. The number of amides is 1. The van der Waals surface area contributed by atoms with Gasteiger partial charge in [-0.15, -0.1) is 0 Å². The Morgan fingerprint density at radius 3 is 2.21 bits per heavy atom. The van der Waals surface area contributed by atoms with Gasteiger partial charge in [-0.1, -0.05) is 51.1 Å². The smallest absolute Gasteiger partial charge is 0.224 e. The number of hydrogen-bond acceptors (Lipinski definition) is 2. The summed E-state index contributed by atoms with van der Waals surface area (Å²) in [5.74, 6) is 0.707. The average Bonchev–Trinajstić information content (AvgIpc) is 2.38. The van der Waals surface area contributed by atoms with Crippen LogP contribution in [0.1, 0.15) is 39.2 Å². The zero-order chi connectivity index (χ0) is 14.4. The number of nitrogens with two attached hydrogens (primary N) is 1. The van der Waals surface area contributed by atoms with Gasteiger partial charge in [0.15, 0.2) is 0 Å². The minimum absolute atomic E-state index is 0.0385. The Bertz CT molecular complexity index is 387. The number of carbonyl (C=O) groups is 1. The largest absolute Gasteiger partial charge is 0.355 e. The third-order valence-corrected chi connectivity index (χ3v) is 3.73. The Morgan fingerprint density at radius 2 is 1.74 bits per heavy atom. The summed E-state index contributed by atoms with van der Waals surface area (Å²) >= 11 is 0. The Kier molecular flexibility index (Phi) is 6.03. The molecule has 3 atom stereocenters. The molecular weight excluding hydrogens is 236 g/mol. The first-order valence-corrected chi connectivity index (χ1v) is 7.01.